The van der Waals surface area contributed by atoms with Gasteiger partial charge in [-0.25, -0.2) is 0 Å². The van der Waals surface area contributed by atoms with Crippen molar-refractivity contribution in [2.75, 3.05) is 25.6 Å². The van der Waals surface area contributed by atoms with Crippen molar-refractivity contribution in [1.29, 1.82) is 0 Å². The second-order valence-electron chi connectivity index (χ2n) is 9.00. The maximum absolute atomic E-state index is 14.5. The molecular weight excluding hydrogens is 590 g/mol. The first-order chi connectivity index (χ1) is 18.0. The summed E-state index contributed by atoms with van der Waals surface area (Å²) in [6.45, 7) is 5.36. The van der Waals surface area contributed by atoms with Gasteiger partial charge < -0.3 is 0 Å². The van der Waals surface area contributed by atoms with Gasteiger partial charge in [0.25, 0.3) is 0 Å². The number of aromatic amines is 1. The zero-order valence-electron chi connectivity index (χ0n) is 20.9. The Morgan fingerprint density at radius 1 is 1.19 bits per heavy atom. The monoisotopic (exact) mass is 619 g/mol. The number of ether oxygens (including phenoxy) is 2. The van der Waals surface area contributed by atoms with Crippen LogP contribution >= 0.6 is 0 Å². The number of H-pyrrole nitrogens is 1. The molecule has 5 rings (SSSR count). The molecule has 1 amide bonds. The van der Waals surface area contributed by atoms with Gasteiger partial charge in [-0.1, -0.05) is 0 Å². The Labute approximate surface area is 225 Å². The van der Waals surface area contributed by atoms with E-state index >= 15 is 0 Å². The molecule has 2 aliphatic rings. The minimum absolute atomic E-state index is 0.0618. The molecule has 1 atom stereocenters. The van der Waals surface area contributed by atoms with Gasteiger partial charge in [0.05, 0.1) is 0 Å². The van der Waals surface area contributed by atoms with E-state index in [0.717, 1.165) is 24.1 Å². The average molecular weight is 619 g/mol. The molecule has 4 heterocycles. The number of halogens is 2. The molecule has 37 heavy (non-hydrogen) atoms. The van der Waals surface area contributed by atoms with Gasteiger partial charge >= 0.3 is 226 Å². The van der Waals surface area contributed by atoms with Crippen LogP contribution in [0.1, 0.15) is 42.7 Å². The molecule has 0 saturated carbocycles. The van der Waals surface area contributed by atoms with E-state index in [1.54, 1.807) is 24.5 Å². The summed E-state index contributed by atoms with van der Waals surface area (Å²) in [5, 5.41) is 6.40. The third-order valence-corrected chi connectivity index (χ3v) is 8.81. The zero-order valence-corrected chi connectivity index (χ0v) is 23.1. The van der Waals surface area contributed by atoms with Crippen LogP contribution in [-0.2, 0) is 9.49 Å². The van der Waals surface area contributed by atoms with Crippen LogP contribution in [0.5, 0.6) is 11.5 Å². The molecular formula is C27H29FIN4O4-. The number of hydrogen-bond acceptors (Lipinski definition) is 6. The van der Waals surface area contributed by atoms with Crippen molar-refractivity contribution in [2.24, 2.45) is 0 Å². The Balaban J connectivity index is 1.63. The minimum atomic E-state index is -0.715. The number of methoxy groups -OCH3 is 1. The van der Waals surface area contributed by atoms with Gasteiger partial charge in [-0.15, -0.1) is 0 Å². The summed E-state index contributed by atoms with van der Waals surface area (Å²) in [5.41, 5.74) is 6.22. The summed E-state index contributed by atoms with van der Waals surface area (Å²) < 4.78 is 32.0. The molecule has 3 aromatic rings. The molecule has 1 aromatic carbocycles. The maximum atomic E-state index is 14.5. The standard InChI is InChI=1S/C27H29FIN4O4/c1-15-8-11-36-21-14-30-10-7-17(21)24-25(31-19-6-4-5-18(28)26(19)35-3)23-20(32-24)13-22(33-27(23)34)29-37-12-9-16(15)2/h4-7,10,14,22,31-32H,8-9,11-13H2,1-3H3,(H,33,34)/q-1/b16-15-. The molecule has 10 heteroatoms. The predicted octanol–water partition coefficient (Wildman–Crippen LogP) is 2.11. The van der Waals surface area contributed by atoms with Gasteiger partial charge in [0.15, 0.2) is 0 Å². The van der Waals surface area contributed by atoms with E-state index in [1.165, 1.54) is 24.3 Å². The fourth-order valence-corrected chi connectivity index (χ4v) is 6.42. The zero-order chi connectivity index (χ0) is 25.9. The van der Waals surface area contributed by atoms with Crippen molar-refractivity contribution in [1.82, 2.24) is 15.3 Å². The number of rotatable bonds is 3. The fraction of sp³-hybridized carbons (Fsp3) is 0.333. The number of nitrogens with zero attached hydrogens (tertiary/aromatic N) is 1. The molecule has 2 aromatic heterocycles. The number of anilines is 2. The summed E-state index contributed by atoms with van der Waals surface area (Å²) >= 11 is -0.715. The summed E-state index contributed by atoms with van der Waals surface area (Å²) in [6, 6.07) is 6.49. The quantitative estimate of drug-likeness (QED) is 0.180. The number of fused-ring (bicyclic) bond motifs is 4. The number of hydrogen-bond donors (Lipinski definition) is 3. The number of carbonyl (C=O) groups is 1. The van der Waals surface area contributed by atoms with Crippen LogP contribution in [0.3, 0.4) is 0 Å². The number of aromatic nitrogens is 2. The summed E-state index contributed by atoms with van der Waals surface area (Å²) in [5.74, 6) is -0.0377. The van der Waals surface area contributed by atoms with E-state index in [2.05, 4.69) is 34.4 Å². The molecule has 0 saturated heterocycles. The van der Waals surface area contributed by atoms with Crippen molar-refractivity contribution in [3.05, 3.63) is 64.9 Å². The second kappa shape index (κ2) is 11.1. The van der Waals surface area contributed by atoms with Crippen molar-refractivity contribution in [3.8, 4) is 22.8 Å². The number of benzene rings is 1. The van der Waals surface area contributed by atoms with Gasteiger partial charge in [-0.3, -0.25) is 0 Å². The normalized spacial score (nSPS) is 20.3. The third-order valence-electron chi connectivity index (χ3n) is 6.65. The van der Waals surface area contributed by atoms with Gasteiger partial charge in [-0.2, -0.15) is 0 Å². The fourth-order valence-electron chi connectivity index (χ4n) is 4.48. The molecule has 0 spiro atoms. The van der Waals surface area contributed by atoms with Gasteiger partial charge in [0, 0.05) is 0 Å². The number of pyridine rings is 1. The SMILES string of the molecule is COc1c(F)cccc1Nc1c2[nH]c3c1C(=O)NC(C3)[I-]OCC/C(C)=C(/C)CCOc1cnccc1-2. The van der Waals surface area contributed by atoms with Crippen LogP contribution in [0, 0.1) is 5.82 Å². The molecule has 0 aliphatic carbocycles. The van der Waals surface area contributed by atoms with Gasteiger partial charge in [-0.05, 0) is 0 Å². The molecule has 8 nitrogen and oxygen atoms in total. The number of alkyl halides is 1. The molecule has 0 radical (unpaired) electrons. The first kappa shape index (κ1) is 25.5. The van der Waals surface area contributed by atoms with E-state index in [4.69, 9.17) is 12.5 Å². The average Bonchev–Trinajstić information content (AvgIpc) is 3.24. The van der Waals surface area contributed by atoms with Crippen molar-refractivity contribution in [3.63, 3.8) is 0 Å². The molecule has 0 fully saturated rings. The molecule has 1 unspecified atom stereocenters. The Bertz CT molecular complexity index is 1360. The first-order valence-electron chi connectivity index (χ1n) is 12.1. The van der Waals surface area contributed by atoms with Crippen LogP contribution in [0.2, 0.25) is 0 Å². The van der Waals surface area contributed by atoms with E-state index in [0.29, 0.717) is 48.0 Å². The summed E-state index contributed by atoms with van der Waals surface area (Å²) in [4.78, 5) is 21.2. The van der Waals surface area contributed by atoms with Crippen molar-refractivity contribution < 1.29 is 43.3 Å². The van der Waals surface area contributed by atoms with E-state index in [9.17, 15) is 9.18 Å². The Kier molecular flexibility index (Phi) is 7.65. The third kappa shape index (κ3) is 5.30. The van der Waals surface area contributed by atoms with Crippen LogP contribution < -0.4 is 41.7 Å². The Morgan fingerprint density at radius 3 is 2.81 bits per heavy atom. The number of amides is 1. The molecule has 3 N–H and O–H groups in total. The number of nitrogens with one attached hydrogen (secondary N) is 3. The van der Waals surface area contributed by atoms with E-state index in [-0.39, 0.29) is 15.7 Å². The molecule has 2 aliphatic heterocycles. The topological polar surface area (TPSA) is 97.5 Å². The Hall–Kier alpha value is -3.12. The van der Waals surface area contributed by atoms with Crippen LogP contribution in [0.25, 0.3) is 11.3 Å². The van der Waals surface area contributed by atoms with Crippen LogP contribution in [0.15, 0.2) is 47.8 Å². The number of carbonyl (C=O) groups excluding carboxylic acids is 1. The van der Waals surface area contributed by atoms with Crippen molar-refractivity contribution in [2.45, 2.75) is 37.2 Å². The molecule has 3 bridgehead atoms. The summed E-state index contributed by atoms with van der Waals surface area (Å²) in [7, 11) is 1.41. The van der Waals surface area contributed by atoms with Gasteiger partial charge in [0.1, 0.15) is 0 Å². The van der Waals surface area contributed by atoms with Crippen LogP contribution in [-0.4, -0.2) is 40.2 Å². The number of para-hydroxylation sites is 1. The van der Waals surface area contributed by atoms with Gasteiger partial charge in [0.2, 0.25) is 0 Å². The Morgan fingerprint density at radius 2 is 2.00 bits per heavy atom. The van der Waals surface area contributed by atoms with E-state index < -0.39 is 27.4 Å². The van der Waals surface area contributed by atoms with Crippen LogP contribution in [0.4, 0.5) is 15.8 Å². The first-order valence-corrected chi connectivity index (χ1v) is 14.2. The predicted molar refractivity (Wildman–Crippen MR) is 134 cm³/mol. The van der Waals surface area contributed by atoms with Crippen molar-refractivity contribution >= 4 is 17.3 Å². The van der Waals surface area contributed by atoms with E-state index in [1.807, 2.05) is 6.07 Å². The molecule has 196 valence electrons. The second-order valence-corrected chi connectivity index (χ2v) is 11.6. The summed E-state index contributed by atoms with van der Waals surface area (Å²) in [6.07, 6.45) is 5.61.